The Morgan fingerprint density at radius 3 is 2.63 bits per heavy atom. The fourth-order valence-corrected chi connectivity index (χ4v) is 1.47. The molecule has 0 aliphatic carbocycles. The molecule has 0 saturated heterocycles. The second-order valence-corrected chi connectivity index (χ2v) is 3.96. The minimum Gasteiger partial charge on any atom is -0.480 e. The lowest BCUT2D eigenvalue weighted by atomic mass is 10.1. The van der Waals surface area contributed by atoms with Gasteiger partial charge in [-0.25, -0.2) is 9.89 Å². The zero-order valence-corrected chi connectivity index (χ0v) is 10.8. The average Bonchev–Trinajstić information content (AvgIpc) is 2.33. The summed E-state index contributed by atoms with van der Waals surface area (Å²) in [6.45, 7) is 3.01. The standard InChI is InChI=1S/C11H15N3O5/c1-5-6(2)13-14-10(16)8(5)9(15)12-7(4-19-3)11(17)18/h7H,4H2,1-3H3,(H,12,15)(H,14,16)(H,17,18). The van der Waals surface area contributed by atoms with Crippen LogP contribution in [0.5, 0.6) is 0 Å². The fourth-order valence-electron chi connectivity index (χ4n) is 1.47. The van der Waals surface area contributed by atoms with Crippen molar-refractivity contribution in [3.63, 3.8) is 0 Å². The number of nitrogens with zero attached hydrogens (tertiary/aromatic N) is 1. The molecule has 0 aliphatic heterocycles. The molecule has 1 rings (SSSR count). The van der Waals surface area contributed by atoms with Gasteiger partial charge in [-0.05, 0) is 19.4 Å². The summed E-state index contributed by atoms with van der Waals surface area (Å²) in [5.74, 6) is -2.01. The van der Waals surface area contributed by atoms with Gasteiger partial charge in [0.15, 0.2) is 6.04 Å². The molecule has 0 saturated carbocycles. The zero-order valence-electron chi connectivity index (χ0n) is 10.8. The Labute approximate surface area is 108 Å². The molecule has 0 spiro atoms. The van der Waals surface area contributed by atoms with E-state index in [9.17, 15) is 14.4 Å². The number of aliphatic carboxylic acids is 1. The number of methoxy groups -OCH3 is 1. The lowest BCUT2D eigenvalue weighted by molar-refractivity contribution is -0.140. The van der Waals surface area contributed by atoms with E-state index in [1.54, 1.807) is 13.8 Å². The summed E-state index contributed by atoms with van der Waals surface area (Å²) in [5, 5.41) is 17.0. The number of aromatic amines is 1. The van der Waals surface area contributed by atoms with Gasteiger partial charge in [0, 0.05) is 7.11 Å². The number of carboxylic acids is 1. The molecule has 0 bridgehead atoms. The quantitative estimate of drug-likeness (QED) is 0.644. The first-order valence-electron chi connectivity index (χ1n) is 5.47. The summed E-state index contributed by atoms with van der Waals surface area (Å²) in [6.07, 6.45) is 0. The van der Waals surface area contributed by atoms with Crippen molar-refractivity contribution in [2.24, 2.45) is 0 Å². The Hall–Kier alpha value is -2.22. The number of carbonyl (C=O) groups excluding carboxylic acids is 1. The third-order valence-corrected chi connectivity index (χ3v) is 2.63. The highest BCUT2D eigenvalue weighted by Gasteiger charge is 2.23. The van der Waals surface area contributed by atoms with Crippen molar-refractivity contribution in [3.8, 4) is 0 Å². The van der Waals surface area contributed by atoms with Crippen molar-refractivity contribution in [2.45, 2.75) is 19.9 Å². The van der Waals surface area contributed by atoms with Gasteiger partial charge in [0.2, 0.25) is 0 Å². The lowest BCUT2D eigenvalue weighted by Gasteiger charge is -2.14. The van der Waals surface area contributed by atoms with Crippen LogP contribution >= 0.6 is 0 Å². The minimum atomic E-state index is -1.24. The van der Waals surface area contributed by atoms with E-state index in [-0.39, 0.29) is 12.2 Å². The van der Waals surface area contributed by atoms with Crippen molar-refractivity contribution in [1.29, 1.82) is 0 Å². The van der Waals surface area contributed by atoms with Crippen LogP contribution < -0.4 is 10.9 Å². The first kappa shape index (κ1) is 14.8. The van der Waals surface area contributed by atoms with Crippen molar-refractivity contribution in [1.82, 2.24) is 15.5 Å². The lowest BCUT2D eigenvalue weighted by Crippen LogP contribution is -2.45. The molecule has 104 valence electrons. The zero-order chi connectivity index (χ0) is 14.6. The molecule has 19 heavy (non-hydrogen) atoms. The molecule has 0 aromatic carbocycles. The number of carboxylic acid groups (broad SMARTS) is 1. The number of hydrogen-bond acceptors (Lipinski definition) is 5. The SMILES string of the molecule is COCC(NC(=O)c1c(C)c(C)n[nH]c1=O)C(=O)O. The number of hydrogen-bond donors (Lipinski definition) is 3. The van der Waals surface area contributed by atoms with Crippen LogP contribution in [0, 0.1) is 13.8 Å². The molecule has 1 aromatic heterocycles. The van der Waals surface area contributed by atoms with E-state index < -0.39 is 23.5 Å². The summed E-state index contributed by atoms with van der Waals surface area (Å²) in [7, 11) is 1.32. The summed E-state index contributed by atoms with van der Waals surface area (Å²) in [5.41, 5.74) is 0.0863. The number of rotatable bonds is 5. The molecule has 1 aromatic rings. The fraction of sp³-hybridized carbons (Fsp3) is 0.455. The summed E-state index contributed by atoms with van der Waals surface area (Å²) >= 11 is 0. The molecule has 8 nitrogen and oxygen atoms in total. The van der Waals surface area contributed by atoms with Crippen molar-refractivity contribution in [2.75, 3.05) is 13.7 Å². The Kier molecular flexibility index (Phi) is 4.76. The van der Waals surface area contributed by atoms with Crippen molar-refractivity contribution >= 4 is 11.9 Å². The number of carbonyl (C=O) groups is 2. The topological polar surface area (TPSA) is 121 Å². The van der Waals surface area contributed by atoms with E-state index in [1.165, 1.54) is 7.11 Å². The van der Waals surface area contributed by atoms with E-state index in [2.05, 4.69) is 15.5 Å². The number of amides is 1. The van der Waals surface area contributed by atoms with Gasteiger partial charge in [0.1, 0.15) is 5.56 Å². The molecule has 1 heterocycles. The highest BCUT2D eigenvalue weighted by molar-refractivity contribution is 5.97. The van der Waals surface area contributed by atoms with E-state index in [1.807, 2.05) is 0 Å². The smallest absolute Gasteiger partial charge is 0.328 e. The Bertz CT molecular complexity index is 552. The maximum absolute atomic E-state index is 12.0. The normalized spacial score (nSPS) is 11.9. The monoisotopic (exact) mass is 269 g/mol. The predicted octanol–water partition coefficient (Wildman–Crippen LogP) is -0.784. The average molecular weight is 269 g/mol. The van der Waals surface area contributed by atoms with Gasteiger partial charge in [0.25, 0.3) is 11.5 Å². The summed E-state index contributed by atoms with van der Waals surface area (Å²) in [4.78, 5) is 34.4. The van der Waals surface area contributed by atoms with Crippen molar-refractivity contribution in [3.05, 3.63) is 27.2 Å². The van der Waals surface area contributed by atoms with Crippen LogP contribution in [-0.2, 0) is 9.53 Å². The first-order valence-corrected chi connectivity index (χ1v) is 5.47. The van der Waals surface area contributed by atoms with Gasteiger partial charge < -0.3 is 15.2 Å². The maximum Gasteiger partial charge on any atom is 0.328 e. The highest BCUT2D eigenvalue weighted by Crippen LogP contribution is 2.05. The summed E-state index contributed by atoms with van der Waals surface area (Å²) in [6, 6.07) is -1.22. The molecule has 1 atom stereocenters. The molecular weight excluding hydrogens is 254 g/mol. The summed E-state index contributed by atoms with van der Waals surface area (Å²) < 4.78 is 4.69. The number of H-pyrrole nitrogens is 1. The van der Waals surface area contributed by atoms with Crippen LogP contribution in [0.1, 0.15) is 21.6 Å². The molecule has 3 N–H and O–H groups in total. The van der Waals surface area contributed by atoms with Crippen LogP contribution in [0.15, 0.2) is 4.79 Å². The predicted molar refractivity (Wildman–Crippen MR) is 65.1 cm³/mol. The molecular formula is C11H15N3O5. The van der Waals surface area contributed by atoms with E-state index in [0.717, 1.165) is 0 Å². The van der Waals surface area contributed by atoms with Gasteiger partial charge in [-0.15, -0.1) is 0 Å². The van der Waals surface area contributed by atoms with Crippen LogP contribution in [0.3, 0.4) is 0 Å². The third-order valence-electron chi connectivity index (χ3n) is 2.63. The van der Waals surface area contributed by atoms with E-state index in [4.69, 9.17) is 9.84 Å². The molecule has 1 amide bonds. The Morgan fingerprint density at radius 1 is 1.47 bits per heavy atom. The third kappa shape index (κ3) is 3.38. The second-order valence-electron chi connectivity index (χ2n) is 3.96. The van der Waals surface area contributed by atoms with Crippen LogP contribution in [0.25, 0.3) is 0 Å². The van der Waals surface area contributed by atoms with Gasteiger partial charge >= 0.3 is 5.97 Å². The molecule has 1 unspecified atom stereocenters. The van der Waals surface area contributed by atoms with Crippen LogP contribution in [0.2, 0.25) is 0 Å². The van der Waals surface area contributed by atoms with Gasteiger partial charge in [-0.2, -0.15) is 5.10 Å². The van der Waals surface area contributed by atoms with Crippen molar-refractivity contribution < 1.29 is 19.4 Å². The largest absolute Gasteiger partial charge is 0.480 e. The van der Waals surface area contributed by atoms with Gasteiger partial charge in [-0.1, -0.05) is 0 Å². The second kappa shape index (κ2) is 6.10. The number of nitrogens with one attached hydrogen (secondary N) is 2. The number of aromatic nitrogens is 2. The Balaban J connectivity index is 3.04. The Morgan fingerprint density at radius 2 is 2.11 bits per heavy atom. The molecule has 0 aliphatic rings. The van der Waals surface area contributed by atoms with Gasteiger partial charge in [0.05, 0.1) is 12.3 Å². The maximum atomic E-state index is 12.0. The van der Waals surface area contributed by atoms with Gasteiger partial charge in [-0.3, -0.25) is 9.59 Å². The van der Waals surface area contributed by atoms with Crippen LogP contribution in [-0.4, -0.2) is 46.9 Å². The molecule has 0 fully saturated rings. The molecule has 0 radical (unpaired) electrons. The highest BCUT2D eigenvalue weighted by atomic mass is 16.5. The number of ether oxygens (including phenoxy) is 1. The van der Waals surface area contributed by atoms with E-state index >= 15 is 0 Å². The number of aryl methyl sites for hydroxylation is 1. The van der Waals surface area contributed by atoms with Crippen LogP contribution in [0.4, 0.5) is 0 Å². The minimum absolute atomic E-state index is 0.144. The van der Waals surface area contributed by atoms with E-state index in [0.29, 0.717) is 11.3 Å². The first-order chi connectivity index (χ1) is 8.88. The molecule has 8 heteroatoms.